The van der Waals surface area contributed by atoms with Gasteiger partial charge in [0.15, 0.2) is 16.7 Å². The standard InChI is InChI=1S/C26H23N3O5S/c1-32-20-10-8-19(9-11-20)29-24(30)14-23(25(29)31)35-26(28-18-5-3-2-4-6-18)27-15-17-7-12-21-22(13-17)34-16-33-21/h2-13,23H,14-16H2,1H3,(H,27,28)/t23-/m0/s1. The zero-order valence-electron chi connectivity index (χ0n) is 19.0. The minimum absolute atomic E-state index is 0.0923. The Labute approximate surface area is 206 Å². The molecule has 0 aromatic heterocycles. The van der Waals surface area contributed by atoms with Gasteiger partial charge in [-0.15, -0.1) is 0 Å². The fourth-order valence-electron chi connectivity index (χ4n) is 3.79. The molecule has 1 atom stereocenters. The number of amides is 2. The van der Waals surface area contributed by atoms with Crippen LogP contribution in [0.3, 0.4) is 0 Å². The molecule has 1 saturated heterocycles. The van der Waals surface area contributed by atoms with Gasteiger partial charge in [0.05, 0.1) is 19.3 Å². The number of carbonyl (C=O) groups excluding carboxylic acids is 2. The number of hydrogen-bond donors (Lipinski definition) is 1. The lowest BCUT2D eigenvalue weighted by Gasteiger charge is -2.16. The van der Waals surface area contributed by atoms with E-state index in [1.165, 1.54) is 16.7 Å². The minimum Gasteiger partial charge on any atom is -0.497 e. The van der Waals surface area contributed by atoms with Crippen molar-refractivity contribution in [1.82, 2.24) is 0 Å². The average molecular weight is 490 g/mol. The molecule has 0 radical (unpaired) electrons. The molecule has 3 aromatic carbocycles. The van der Waals surface area contributed by atoms with Crippen LogP contribution in [0.4, 0.5) is 11.4 Å². The second-order valence-corrected chi connectivity index (χ2v) is 9.07. The maximum atomic E-state index is 13.2. The van der Waals surface area contributed by atoms with Gasteiger partial charge in [0.25, 0.3) is 0 Å². The Morgan fingerprint density at radius 3 is 2.60 bits per heavy atom. The lowest BCUT2D eigenvalue weighted by molar-refractivity contribution is -0.121. The number of fused-ring (bicyclic) bond motifs is 1. The van der Waals surface area contributed by atoms with Crippen LogP contribution < -0.4 is 24.4 Å². The van der Waals surface area contributed by atoms with Crippen LogP contribution in [0.15, 0.2) is 77.8 Å². The minimum atomic E-state index is -0.587. The number of carbonyl (C=O) groups is 2. The summed E-state index contributed by atoms with van der Waals surface area (Å²) >= 11 is 1.26. The van der Waals surface area contributed by atoms with Crippen molar-refractivity contribution in [2.45, 2.75) is 18.2 Å². The summed E-state index contributed by atoms with van der Waals surface area (Å²) < 4.78 is 16.0. The van der Waals surface area contributed by atoms with Crippen molar-refractivity contribution in [1.29, 1.82) is 0 Å². The third-order valence-corrected chi connectivity index (χ3v) is 6.66. The van der Waals surface area contributed by atoms with Crippen molar-refractivity contribution in [2.75, 3.05) is 24.1 Å². The summed E-state index contributed by atoms with van der Waals surface area (Å²) in [6, 6.07) is 22.1. The predicted molar refractivity (Wildman–Crippen MR) is 135 cm³/mol. The van der Waals surface area contributed by atoms with Gasteiger partial charge in [0.1, 0.15) is 11.0 Å². The Hall–Kier alpha value is -3.98. The molecule has 2 aliphatic rings. The quantitative estimate of drug-likeness (QED) is 0.311. The number of benzene rings is 3. The van der Waals surface area contributed by atoms with E-state index < -0.39 is 5.25 Å². The van der Waals surface area contributed by atoms with Crippen molar-refractivity contribution in [3.8, 4) is 17.2 Å². The number of hydrogen-bond acceptors (Lipinski definition) is 7. The van der Waals surface area contributed by atoms with Gasteiger partial charge >= 0.3 is 0 Å². The molecular weight excluding hydrogens is 466 g/mol. The summed E-state index contributed by atoms with van der Waals surface area (Å²) in [5.74, 6) is 1.55. The molecular formula is C26H23N3O5S. The first-order valence-corrected chi connectivity index (χ1v) is 11.9. The molecule has 3 aromatic rings. The molecule has 2 amide bonds. The molecule has 35 heavy (non-hydrogen) atoms. The molecule has 1 fully saturated rings. The van der Waals surface area contributed by atoms with Gasteiger partial charge in [-0.2, -0.15) is 0 Å². The Balaban J connectivity index is 1.35. The van der Waals surface area contributed by atoms with E-state index in [0.29, 0.717) is 34.6 Å². The fourth-order valence-corrected chi connectivity index (χ4v) is 4.80. The molecule has 0 unspecified atom stereocenters. The van der Waals surface area contributed by atoms with E-state index in [9.17, 15) is 9.59 Å². The van der Waals surface area contributed by atoms with Gasteiger partial charge in [-0.1, -0.05) is 36.0 Å². The van der Waals surface area contributed by atoms with E-state index in [1.54, 1.807) is 31.4 Å². The third-order valence-electron chi connectivity index (χ3n) is 5.56. The van der Waals surface area contributed by atoms with Gasteiger partial charge in [0, 0.05) is 12.1 Å². The first-order valence-electron chi connectivity index (χ1n) is 11.0. The lowest BCUT2D eigenvalue weighted by Crippen LogP contribution is -2.31. The maximum absolute atomic E-state index is 13.2. The Morgan fingerprint density at radius 2 is 1.83 bits per heavy atom. The maximum Gasteiger partial charge on any atom is 0.247 e. The van der Waals surface area contributed by atoms with Crippen LogP contribution >= 0.6 is 11.8 Å². The molecule has 0 bridgehead atoms. The van der Waals surface area contributed by atoms with E-state index in [0.717, 1.165) is 11.3 Å². The SMILES string of the molecule is COc1ccc(N2C(=O)C[C@H](SC(=NCc3ccc4c(c3)OCO4)Nc3ccccc3)C2=O)cc1. The highest BCUT2D eigenvalue weighted by atomic mass is 32.2. The highest BCUT2D eigenvalue weighted by Gasteiger charge is 2.40. The number of nitrogens with zero attached hydrogens (tertiary/aromatic N) is 2. The Kier molecular flexibility index (Phi) is 6.58. The monoisotopic (exact) mass is 489 g/mol. The summed E-state index contributed by atoms with van der Waals surface area (Å²) in [6.45, 7) is 0.580. The van der Waals surface area contributed by atoms with Crippen molar-refractivity contribution in [3.05, 3.63) is 78.4 Å². The fraction of sp³-hybridized carbons (Fsp3) is 0.192. The largest absolute Gasteiger partial charge is 0.497 e. The van der Waals surface area contributed by atoms with Gasteiger partial charge in [-0.25, -0.2) is 4.90 Å². The van der Waals surface area contributed by atoms with E-state index in [-0.39, 0.29) is 25.0 Å². The van der Waals surface area contributed by atoms with Crippen LogP contribution in [0.5, 0.6) is 17.2 Å². The predicted octanol–water partition coefficient (Wildman–Crippen LogP) is 4.46. The number of methoxy groups -OCH3 is 1. The number of imide groups is 1. The Bertz CT molecular complexity index is 1260. The van der Waals surface area contributed by atoms with Crippen LogP contribution in [0, 0.1) is 0 Å². The zero-order chi connectivity index (χ0) is 24.2. The topological polar surface area (TPSA) is 89.5 Å². The van der Waals surface area contributed by atoms with Gasteiger partial charge in [0.2, 0.25) is 18.6 Å². The van der Waals surface area contributed by atoms with Crippen molar-refractivity contribution >= 4 is 40.1 Å². The zero-order valence-corrected chi connectivity index (χ0v) is 19.8. The van der Waals surface area contributed by atoms with Crippen LogP contribution in [-0.2, 0) is 16.1 Å². The molecule has 0 saturated carbocycles. The summed E-state index contributed by atoms with van der Waals surface area (Å²) in [5, 5.41) is 3.26. The van der Waals surface area contributed by atoms with E-state index in [4.69, 9.17) is 19.2 Å². The number of para-hydroxylation sites is 1. The molecule has 9 heteroatoms. The van der Waals surface area contributed by atoms with Crippen molar-refractivity contribution < 1.29 is 23.8 Å². The summed E-state index contributed by atoms with van der Waals surface area (Å²) in [7, 11) is 1.57. The van der Waals surface area contributed by atoms with Crippen LogP contribution in [0.2, 0.25) is 0 Å². The molecule has 5 rings (SSSR count). The van der Waals surface area contributed by atoms with E-state index in [1.807, 2.05) is 48.5 Å². The normalized spacial score (nSPS) is 17.1. The molecule has 2 aliphatic heterocycles. The van der Waals surface area contributed by atoms with Gasteiger partial charge in [-0.3, -0.25) is 14.6 Å². The number of aliphatic imine (C=N–C) groups is 1. The van der Waals surface area contributed by atoms with Gasteiger partial charge < -0.3 is 19.5 Å². The summed E-state index contributed by atoms with van der Waals surface area (Å²) in [4.78, 5) is 31.9. The molecule has 1 N–H and O–H groups in total. The highest BCUT2D eigenvalue weighted by molar-refractivity contribution is 8.15. The second kappa shape index (κ2) is 10.1. The first-order chi connectivity index (χ1) is 17.1. The molecule has 2 heterocycles. The smallest absolute Gasteiger partial charge is 0.247 e. The van der Waals surface area contributed by atoms with Crippen LogP contribution in [0.25, 0.3) is 0 Å². The molecule has 0 spiro atoms. The molecule has 8 nitrogen and oxygen atoms in total. The number of thioether (sulfide) groups is 1. The number of rotatable bonds is 6. The molecule has 178 valence electrons. The van der Waals surface area contributed by atoms with Crippen molar-refractivity contribution in [3.63, 3.8) is 0 Å². The lowest BCUT2D eigenvalue weighted by atomic mass is 10.2. The summed E-state index contributed by atoms with van der Waals surface area (Å²) in [6.07, 6.45) is 0.0923. The average Bonchev–Trinajstić information content (AvgIpc) is 3.46. The van der Waals surface area contributed by atoms with E-state index >= 15 is 0 Å². The molecule has 0 aliphatic carbocycles. The number of nitrogens with one attached hydrogen (secondary N) is 1. The van der Waals surface area contributed by atoms with Crippen LogP contribution in [-0.4, -0.2) is 36.1 Å². The summed E-state index contributed by atoms with van der Waals surface area (Å²) in [5.41, 5.74) is 2.31. The highest BCUT2D eigenvalue weighted by Crippen LogP contribution is 2.34. The second-order valence-electron chi connectivity index (χ2n) is 7.88. The Morgan fingerprint density at radius 1 is 1.06 bits per heavy atom. The van der Waals surface area contributed by atoms with Gasteiger partial charge in [-0.05, 0) is 54.1 Å². The first kappa shape index (κ1) is 22.8. The van der Waals surface area contributed by atoms with E-state index in [2.05, 4.69) is 5.32 Å². The van der Waals surface area contributed by atoms with Crippen molar-refractivity contribution in [2.24, 2.45) is 4.99 Å². The number of amidine groups is 1. The number of ether oxygens (including phenoxy) is 3. The third kappa shape index (κ3) is 5.09. The van der Waals surface area contributed by atoms with Crippen LogP contribution in [0.1, 0.15) is 12.0 Å². The number of anilines is 2.